The molecular weight excluding hydrogens is 356 g/mol. The summed E-state index contributed by atoms with van der Waals surface area (Å²) in [5.74, 6) is 2.10. The van der Waals surface area contributed by atoms with Gasteiger partial charge in [0, 0.05) is 31.7 Å². The number of hydrogen-bond acceptors (Lipinski definition) is 5. The average Bonchev–Trinajstić information content (AvgIpc) is 3.33. The number of ether oxygens (including phenoxy) is 1. The van der Waals surface area contributed by atoms with Crippen molar-refractivity contribution < 1.29 is 9.53 Å². The fourth-order valence-electron chi connectivity index (χ4n) is 3.73. The zero-order valence-electron chi connectivity index (χ0n) is 16.4. The van der Waals surface area contributed by atoms with Crippen molar-refractivity contribution in [3.8, 4) is 11.4 Å². The van der Waals surface area contributed by atoms with Gasteiger partial charge in [-0.25, -0.2) is 4.68 Å². The lowest BCUT2D eigenvalue weighted by Gasteiger charge is -2.30. The molecule has 3 aromatic rings. The minimum absolute atomic E-state index is 0.0215. The van der Waals surface area contributed by atoms with E-state index in [1.165, 1.54) is 0 Å². The Balaban J connectivity index is 1.46. The minimum Gasteiger partial charge on any atom is -0.497 e. The zero-order chi connectivity index (χ0) is 19.7. The maximum atomic E-state index is 13.0. The first-order chi connectivity index (χ1) is 13.6. The van der Waals surface area contributed by atoms with E-state index in [1.807, 2.05) is 53.8 Å². The molecule has 3 heterocycles. The van der Waals surface area contributed by atoms with Crippen molar-refractivity contribution >= 4 is 5.91 Å². The molecule has 1 fully saturated rings. The number of nitrogens with zero attached hydrogens (tertiary/aromatic N) is 6. The third-order valence-electron chi connectivity index (χ3n) is 5.32. The number of carbonyl (C=O) groups excluding carboxylic acids is 1. The fourth-order valence-corrected chi connectivity index (χ4v) is 3.73. The predicted molar refractivity (Wildman–Crippen MR) is 104 cm³/mol. The quantitative estimate of drug-likeness (QED) is 0.694. The van der Waals surface area contributed by atoms with Gasteiger partial charge in [-0.05, 0) is 50.1 Å². The van der Waals surface area contributed by atoms with Crippen molar-refractivity contribution in [2.24, 2.45) is 7.05 Å². The molecule has 1 aliphatic rings. The number of carbonyl (C=O) groups is 1. The molecule has 4 rings (SSSR count). The molecule has 0 spiro atoms. The van der Waals surface area contributed by atoms with Crippen LogP contribution in [0.25, 0.3) is 5.69 Å². The van der Waals surface area contributed by atoms with E-state index in [1.54, 1.807) is 18.1 Å². The van der Waals surface area contributed by atoms with Crippen LogP contribution in [-0.2, 0) is 7.05 Å². The van der Waals surface area contributed by atoms with Gasteiger partial charge in [0.05, 0.1) is 12.8 Å². The molecule has 0 bridgehead atoms. The summed E-state index contributed by atoms with van der Waals surface area (Å²) in [6.45, 7) is 3.35. The highest BCUT2D eigenvalue weighted by Gasteiger charge is 2.28. The van der Waals surface area contributed by atoms with Crippen molar-refractivity contribution in [1.82, 2.24) is 29.4 Å². The van der Waals surface area contributed by atoms with Crippen LogP contribution in [0.4, 0.5) is 0 Å². The molecule has 0 aliphatic carbocycles. The van der Waals surface area contributed by atoms with Gasteiger partial charge in [0.1, 0.15) is 17.9 Å². The van der Waals surface area contributed by atoms with E-state index in [-0.39, 0.29) is 5.91 Å². The van der Waals surface area contributed by atoms with Crippen molar-refractivity contribution in [2.75, 3.05) is 20.2 Å². The van der Waals surface area contributed by atoms with Gasteiger partial charge in [-0.3, -0.25) is 4.79 Å². The molecule has 1 aromatic carbocycles. The first kappa shape index (κ1) is 18.2. The van der Waals surface area contributed by atoms with E-state index in [4.69, 9.17) is 4.74 Å². The van der Waals surface area contributed by atoms with E-state index < -0.39 is 0 Å². The number of piperidine rings is 1. The summed E-state index contributed by atoms with van der Waals surface area (Å²) >= 11 is 0. The lowest BCUT2D eigenvalue weighted by atomic mass is 9.96. The van der Waals surface area contributed by atoms with Gasteiger partial charge in [-0.15, -0.1) is 10.2 Å². The van der Waals surface area contributed by atoms with E-state index in [0.29, 0.717) is 24.7 Å². The number of hydrogen-bond donors (Lipinski definition) is 0. The van der Waals surface area contributed by atoms with Gasteiger partial charge in [-0.2, -0.15) is 5.10 Å². The lowest BCUT2D eigenvalue weighted by Crippen LogP contribution is -2.38. The largest absolute Gasteiger partial charge is 0.497 e. The number of amides is 1. The highest BCUT2D eigenvalue weighted by atomic mass is 16.5. The van der Waals surface area contributed by atoms with E-state index in [0.717, 1.165) is 35.8 Å². The second-order valence-corrected chi connectivity index (χ2v) is 7.15. The number of aryl methyl sites for hydroxylation is 2. The monoisotopic (exact) mass is 380 g/mol. The molecule has 1 amide bonds. The van der Waals surface area contributed by atoms with Gasteiger partial charge < -0.3 is 14.2 Å². The number of likely N-dealkylation sites (tertiary alicyclic amines) is 1. The molecule has 0 atom stereocenters. The lowest BCUT2D eigenvalue weighted by molar-refractivity contribution is 0.0704. The summed E-state index contributed by atoms with van der Waals surface area (Å²) < 4.78 is 8.95. The van der Waals surface area contributed by atoms with E-state index >= 15 is 0 Å². The van der Waals surface area contributed by atoms with Crippen LogP contribution >= 0.6 is 0 Å². The molecular formula is C20H24N6O2. The number of methoxy groups -OCH3 is 1. The first-order valence-electron chi connectivity index (χ1n) is 9.41. The maximum Gasteiger partial charge on any atom is 0.274 e. The second kappa shape index (κ2) is 7.46. The molecule has 1 saturated heterocycles. The standard InChI is InChI=1S/C20H24N6O2/c1-14-12-18(23-26(14)16-4-6-17(28-3)7-5-16)20(27)25-10-8-15(9-11-25)19-22-21-13-24(19)2/h4-7,12-13,15H,8-11H2,1-3H3. The Hall–Kier alpha value is -3.16. The summed E-state index contributed by atoms with van der Waals surface area (Å²) in [4.78, 5) is 14.8. The van der Waals surface area contributed by atoms with Crippen LogP contribution in [0, 0.1) is 6.92 Å². The highest BCUT2D eigenvalue weighted by Crippen LogP contribution is 2.27. The van der Waals surface area contributed by atoms with Crippen molar-refractivity contribution in [3.63, 3.8) is 0 Å². The molecule has 0 unspecified atom stereocenters. The Morgan fingerprint density at radius 1 is 1.18 bits per heavy atom. The molecule has 8 heteroatoms. The van der Waals surface area contributed by atoms with Crippen LogP contribution in [-0.4, -0.2) is 55.6 Å². The van der Waals surface area contributed by atoms with Gasteiger partial charge in [0.25, 0.3) is 5.91 Å². The van der Waals surface area contributed by atoms with Crippen molar-refractivity contribution in [1.29, 1.82) is 0 Å². The number of aromatic nitrogens is 5. The molecule has 146 valence electrons. The van der Waals surface area contributed by atoms with E-state index in [2.05, 4.69) is 15.3 Å². The Bertz CT molecular complexity index is 967. The predicted octanol–water partition coefficient (Wildman–Crippen LogP) is 2.34. The topological polar surface area (TPSA) is 78.1 Å². The summed E-state index contributed by atoms with van der Waals surface area (Å²) in [7, 11) is 3.60. The third-order valence-corrected chi connectivity index (χ3v) is 5.32. The van der Waals surface area contributed by atoms with Crippen LogP contribution in [0.3, 0.4) is 0 Å². The normalized spacial score (nSPS) is 15.0. The van der Waals surface area contributed by atoms with Gasteiger partial charge in [-0.1, -0.05) is 0 Å². The fraction of sp³-hybridized carbons (Fsp3) is 0.400. The van der Waals surface area contributed by atoms with Crippen LogP contribution in [0.5, 0.6) is 5.75 Å². The van der Waals surface area contributed by atoms with E-state index in [9.17, 15) is 4.79 Å². The zero-order valence-corrected chi connectivity index (χ0v) is 16.4. The molecule has 8 nitrogen and oxygen atoms in total. The number of benzene rings is 1. The summed E-state index contributed by atoms with van der Waals surface area (Å²) in [5, 5.41) is 12.7. The Labute approximate surface area is 163 Å². The van der Waals surface area contributed by atoms with Gasteiger partial charge in [0.2, 0.25) is 0 Å². The summed E-state index contributed by atoms with van der Waals surface area (Å²) in [5.41, 5.74) is 2.30. The smallest absolute Gasteiger partial charge is 0.274 e. The Morgan fingerprint density at radius 3 is 2.50 bits per heavy atom. The highest BCUT2D eigenvalue weighted by molar-refractivity contribution is 5.92. The third kappa shape index (κ3) is 3.37. The van der Waals surface area contributed by atoms with Crippen molar-refractivity contribution in [3.05, 3.63) is 53.9 Å². The van der Waals surface area contributed by atoms with Crippen LogP contribution in [0.15, 0.2) is 36.7 Å². The van der Waals surface area contributed by atoms with Crippen LogP contribution in [0.1, 0.15) is 40.8 Å². The summed E-state index contributed by atoms with van der Waals surface area (Å²) in [6, 6.07) is 9.48. The van der Waals surface area contributed by atoms with Gasteiger partial charge >= 0.3 is 0 Å². The summed E-state index contributed by atoms with van der Waals surface area (Å²) in [6.07, 6.45) is 3.49. The number of rotatable bonds is 4. The molecule has 1 aliphatic heterocycles. The average molecular weight is 380 g/mol. The maximum absolute atomic E-state index is 13.0. The molecule has 0 N–H and O–H groups in total. The molecule has 0 saturated carbocycles. The van der Waals surface area contributed by atoms with Gasteiger partial charge in [0.15, 0.2) is 5.69 Å². The van der Waals surface area contributed by atoms with Crippen molar-refractivity contribution in [2.45, 2.75) is 25.7 Å². The molecule has 28 heavy (non-hydrogen) atoms. The Kier molecular flexibility index (Phi) is 4.85. The molecule has 0 radical (unpaired) electrons. The van der Waals surface area contributed by atoms with Crippen LogP contribution in [0.2, 0.25) is 0 Å². The Morgan fingerprint density at radius 2 is 1.89 bits per heavy atom. The SMILES string of the molecule is COc1ccc(-n2nc(C(=O)N3CCC(c4nncn4C)CC3)cc2C)cc1. The molecule has 2 aromatic heterocycles. The second-order valence-electron chi connectivity index (χ2n) is 7.15. The minimum atomic E-state index is -0.0215. The first-order valence-corrected chi connectivity index (χ1v) is 9.41. The van der Waals surface area contributed by atoms with Crippen LogP contribution < -0.4 is 4.74 Å².